The van der Waals surface area contributed by atoms with Crippen LogP contribution in [0.3, 0.4) is 0 Å². The second kappa shape index (κ2) is 4.51. The molecule has 0 fully saturated rings. The Morgan fingerprint density at radius 1 is 1.33 bits per heavy atom. The van der Waals surface area contributed by atoms with Crippen molar-refractivity contribution in [3.8, 4) is 5.75 Å². The molecule has 0 saturated heterocycles. The average Bonchev–Trinajstić information content (AvgIpc) is 2.04. The van der Waals surface area contributed by atoms with Crippen LogP contribution in [-0.4, -0.2) is 12.5 Å². The first-order chi connectivity index (χ1) is 5.36. The fraction of sp³-hybridized carbons (Fsp3) is 0.125. The molecule has 0 bridgehead atoms. The summed E-state index contributed by atoms with van der Waals surface area (Å²) in [6.45, 7) is 0.0665. The Balaban J connectivity index is 0.000000720. The van der Waals surface area contributed by atoms with E-state index in [0.717, 1.165) is 0 Å². The standard InChI is InChI=1S/C8H7NO2.Rb/c10-8-5-11-7-4-2-1-3-6(7)9-8;/h1-4H,5H2,(H,9,10);/q;+1/p-1. The van der Waals surface area contributed by atoms with E-state index in [4.69, 9.17) is 4.74 Å². The van der Waals surface area contributed by atoms with Gasteiger partial charge in [-0.1, -0.05) is 23.9 Å². The normalized spacial score (nSPS) is 13.5. The van der Waals surface area contributed by atoms with E-state index in [1.165, 1.54) is 0 Å². The van der Waals surface area contributed by atoms with Crippen molar-refractivity contribution in [3.63, 3.8) is 0 Å². The number of amides is 1. The summed E-state index contributed by atoms with van der Waals surface area (Å²) < 4.78 is 5.09. The van der Waals surface area contributed by atoms with Gasteiger partial charge in [-0.25, -0.2) is 0 Å². The van der Waals surface area contributed by atoms with Crippen LogP contribution in [0, 0.1) is 0 Å². The van der Waals surface area contributed by atoms with Crippen LogP contribution in [0.4, 0.5) is 5.69 Å². The quantitative estimate of drug-likeness (QED) is 0.554. The summed E-state index contributed by atoms with van der Waals surface area (Å²) in [4.78, 5) is 10.7. The Bertz CT molecular complexity index is 301. The Kier molecular flexibility index (Phi) is 3.90. The van der Waals surface area contributed by atoms with Crippen LogP contribution in [0.15, 0.2) is 24.3 Å². The molecule has 1 amide bonds. The molecule has 4 heteroatoms. The first-order valence-corrected chi connectivity index (χ1v) is 3.33. The van der Waals surface area contributed by atoms with Gasteiger partial charge in [-0.3, -0.25) is 0 Å². The number of nitrogens with zero attached hydrogens (tertiary/aromatic N) is 1. The maximum Gasteiger partial charge on any atom is 1.00 e. The summed E-state index contributed by atoms with van der Waals surface area (Å²) in [5, 5.41) is 3.78. The van der Waals surface area contributed by atoms with Crippen LogP contribution >= 0.6 is 0 Å². The molecule has 0 aromatic heterocycles. The molecule has 0 saturated carbocycles. The number of benzene rings is 1. The topological polar surface area (TPSA) is 40.4 Å². The Morgan fingerprint density at radius 2 is 2.08 bits per heavy atom. The number of ether oxygens (including phenoxy) is 1. The third-order valence-electron chi connectivity index (χ3n) is 1.46. The summed E-state index contributed by atoms with van der Waals surface area (Å²) in [7, 11) is 0. The minimum Gasteiger partial charge on any atom is -0.621 e. The Morgan fingerprint density at radius 3 is 2.92 bits per heavy atom. The van der Waals surface area contributed by atoms with Crippen molar-refractivity contribution < 1.29 is 67.7 Å². The average molecular weight is 234 g/mol. The van der Waals surface area contributed by atoms with Crippen LogP contribution in [0.25, 0.3) is 5.32 Å². The van der Waals surface area contributed by atoms with Crippen molar-refractivity contribution in [2.45, 2.75) is 0 Å². The van der Waals surface area contributed by atoms with E-state index in [2.05, 4.69) is 5.32 Å². The number of hydrogen-bond acceptors (Lipinski definition) is 2. The second-order valence-electron chi connectivity index (χ2n) is 2.26. The van der Waals surface area contributed by atoms with E-state index in [-0.39, 0.29) is 70.7 Å². The van der Waals surface area contributed by atoms with Crippen molar-refractivity contribution >= 4 is 11.6 Å². The Hall–Kier alpha value is 0.295. The number of carbonyl (C=O) groups excluding carboxylic acids is 1. The Labute approximate surface area is 119 Å². The maximum absolute atomic E-state index is 10.7. The van der Waals surface area contributed by atoms with Crippen molar-refractivity contribution in [1.82, 2.24) is 0 Å². The monoisotopic (exact) mass is 233 g/mol. The molecule has 0 N–H and O–H groups in total. The van der Waals surface area contributed by atoms with Crippen molar-refractivity contribution in [1.29, 1.82) is 0 Å². The molecule has 56 valence electrons. The predicted octanol–water partition coefficient (Wildman–Crippen LogP) is -1.39. The van der Waals surface area contributed by atoms with Gasteiger partial charge in [0.2, 0.25) is 0 Å². The van der Waals surface area contributed by atoms with Crippen LogP contribution in [0.5, 0.6) is 5.75 Å². The van der Waals surface area contributed by atoms with Gasteiger partial charge in [0.25, 0.3) is 0 Å². The van der Waals surface area contributed by atoms with Gasteiger partial charge in [-0.15, -0.1) is 0 Å². The van der Waals surface area contributed by atoms with Gasteiger partial charge in [0.1, 0.15) is 12.4 Å². The third kappa shape index (κ3) is 2.16. The predicted molar refractivity (Wildman–Crippen MR) is 40.0 cm³/mol. The zero-order valence-corrected chi connectivity index (χ0v) is 11.7. The molecular formula is C8H6NO2Rb. The molecule has 0 aliphatic carbocycles. The number of rotatable bonds is 0. The van der Waals surface area contributed by atoms with Gasteiger partial charge in [-0.2, -0.15) is 0 Å². The zero-order valence-electron chi connectivity index (χ0n) is 6.78. The van der Waals surface area contributed by atoms with Crippen LogP contribution < -0.4 is 62.9 Å². The fourth-order valence-electron chi connectivity index (χ4n) is 0.978. The molecule has 12 heavy (non-hydrogen) atoms. The van der Waals surface area contributed by atoms with E-state index in [1.54, 1.807) is 12.1 Å². The first kappa shape index (κ1) is 10.4. The zero-order chi connectivity index (χ0) is 7.68. The molecular weight excluding hydrogens is 228 g/mol. The third-order valence-corrected chi connectivity index (χ3v) is 1.46. The molecule has 3 nitrogen and oxygen atoms in total. The van der Waals surface area contributed by atoms with E-state index in [0.29, 0.717) is 11.4 Å². The van der Waals surface area contributed by atoms with E-state index >= 15 is 0 Å². The van der Waals surface area contributed by atoms with Gasteiger partial charge in [-0.05, 0) is 6.07 Å². The van der Waals surface area contributed by atoms with E-state index in [9.17, 15) is 4.79 Å². The minimum atomic E-state index is -0.219. The summed E-state index contributed by atoms with van der Waals surface area (Å²) in [5.74, 6) is 0.468. The van der Waals surface area contributed by atoms with Gasteiger partial charge in [0, 0.05) is 0 Å². The summed E-state index contributed by atoms with van der Waals surface area (Å²) in [6.07, 6.45) is 0. The fourth-order valence-corrected chi connectivity index (χ4v) is 0.978. The minimum absolute atomic E-state index is 0. The molecule has 0 radical (unpaired) electrons. The van der Waals surface area contributed by atoms with Gasteiger partial charge in [0.15, 0.2) is 0 Å². The number of carbonyl (C=O) groups is 1. The molecule has 1 aliphatic rings. The van der Waals surface area contributed by atoms with Crippen LogP contribution in [0.1, 0.15) is 0 Å². The summed E-state index contributed by atoms with van der Waals surface area (Å²) >= 11 is 0. The first-order valence-electron chi connectivity index (χ1n) is 3.33. The van der Waals surface area contributed by atoms with E-state index < -0.39 is 0 Å². The number of para-hydroxylation sites is 2. The van der Waals surface area contributed by atoms with Crippen molar-refractivity contribution in [2.24, 2.45) is 0 Å². The molecule has 1 aromatic rings. The van der Waals surface area contributed by atoms with Gasteiger partial charge >= 0.3 is 58.2 Å². The molecule has 0 atom stereocenters. The smallest absolute Gasteiger partial charge is 0.621 e. The molecule has 2 rings (SSSR count). The van der Waals surface area contributed by atoms with Crippen LogP contribution in [0.2, 0.25) is 0 Å². The summed E-state index contributed by atoms with van der Waals surface area (Å²) in [6, 6.07) is 7.23. The molecule has 1 heterocycles. The van der Waals surface area contributed by atoms with Gasteiger partial charge < -0.3 is 14.8 Å². The SMILES string of the molecule is O=C1COc2ccccc2[N-]1.[Rb+]. The number of hydrogen-bond donors (Lipinski definition) is 0. The summed E-state index contributed by atoms with van der Waals surface area (Å²) in [5.41, 5.74) is 0.628. The van der Waals surface area contributed by atoms with Crippen LogP contribution in [-0.2, 0) is 4.79 Å². The van der Waals surface area contributed by atoms with Crippen molar-refractivity contribution in [2.75, 3.05) is 6.61 Å². The second-order valence-corrected chi connectivity index (χ2v) is 2.26. The molecule has 0 spiro atoms. The molecule has 0 unspecified atom stereocenters. The van der Waals surface area contributed by atoms with Crippen molar-refractivity contribution in [3.05, 3.63) is 29.6 Å². The maximum atomic E-state index is 10.7. The van der Waals surface area contributed by atoms with Gasteiger partial charge in [0.05, 0.1) is 5.91 Å². The largest absolute Gasteiger partial charge is 1.00 e. The molecule has 1 aromatic carbocycles. The number of fused-ring (bicyclic) bond motifs is 1. The van der Waals surface area contributed by atoms with E-state index in [1.807, 2.05) is 12.1 Å². The molecule has 1 aliphatic heterocycles.